The minimum absolute atomic E-state index is 0. The van der Waals surface area contributed by atoms with E-state index in [-0.39, 0.29) is 40.4 Å². The van der Waals surface area contributed by atoms with E-state index in [1.54, 1.807) is 26.2 Å². The first-order chi connectivity index (χ1) is 12.6. The third kappa shape index (κ3) is 5.10. The summed E-state index contributed by atoms with van der Waals surface area (Å²) in [5, 5.41) is -0.493. The van der Waals surface area contributed by atoms with Crippen LogP contribution in [0.25, 0.3) is 11.0 Å². The molecule has 0 aliphatic carbocycles. The fraction of sp³-hybridized carbons (Fsp3) is 0.278. The van der Waals surface area contributed by atoms with Crippen LogP contribution in [0.2, 0.25) is 0 Å². The summed E-state index contributed by atoms with van der Waals surface area (Å²) >= 11 is -1.98. The first-order valence-electron chi connectivity index (χ1n) is 8.10. The summed E-state index contributed by atoms with van der Waals surface area (Å²) in [6.45, 7) is 2.77. The molecule has 1 N–H and O–H groups in total. The topological polar surface area (TPSA) is 100 Å². The molecular formula is C18H20N3NaO4S. The van der Waals surface area contributed by atoms with Crippen LogP contribution in [0.4, 0.5) is 0 Å². The monoisotopic (exact) mass is 397 g/mol. The summed E-state index contributed by atoms with van der Waals surface area (Å²) < 4.78 is 23.3. The Bertz CT molecular complexity index is 886. The number of ether oxygens (including phenoxy) is 2. The second-order valence-corrected chi connectivity index (χ2v) is 6.89. The number of fused-ring (bicyclic) bond motifs is 1. The molecule has 0 saturated carbocycles. The van der Waals surface area contributed by atoms with Gasteiger partial charge in [0.25, 0.3) is 0 Å². The van der Waals surface area contributed by atoms with E-state index in [1.165, 1.54) is 6.20 Å². The van der Waals surface area contributed by atoms with E-state index in [4.69, 9.17) is 9.47 Å². The summed E-state index contributed by atoms with van der Waals surface area (Å²) in [4.78, 5) is 23.9. The number of carbonyl (C=O) groups excluding carboxylic acids is 1. The molecule has 138 valence electrons. The van der Waals surface area contributed by atoms with Crippen molar-refractivity contribution < 1.29 is 18.8 Å². The van der Waals surface area contributed by atoms with Crippen molar-refractivity contribution in [2.45, 2.75) is 18.5 Å². The van der Waals surface area contributed by atoms with Gasteiger partial charge in [-0.1, -0.05) is 12.1 Å². The standard InChI is InChI=1S/C18H19N3O4S.Na.H/c1-12-15(25-11-5-10-24-2)8-9-19-16(12)17(22)26(23)18-20-13-6-3-4-7-14(13)21-18;;/h3-4,6-9H,5,10-11H2,1-2H3,(H,20,21);;. The normalized spacial score (nSPS) is 11.8. The molecule has 1 atom stereocenters. The Morgan fingerprint density at radius 1 is 1.26 bits per heavy atom. The van der Waals surface area contributed by atoms with Crippen molar-refractivity contribution >= 4 is 56.9 Å². The first kappa shape index (κ1) is 21.9. The Hall–Kier alpha value is -1.42. The molecule has 1 aromatic carbocycles. The van der Waals surface area contributed by atoms with Gasteiger partial charge in [-0.3, -0.25) is 4.98 Å². The predicted octanol–water partition coefficient (Wildman–Crippen LogP) is 1.98. The van der Waals surface area contributed by atoms with E-state index >= 15 is 0 Å². The zero-order chi connectivity index (χ0) is 18.5. The van der Waals surface area contributed by atoms with E-state index in [0.29, 0.717) is 30.0 Å². The van der Waals surface area contributed by atoms with Crippen LogP contribution in [-0.2, 0) is 15.9 Å². The molecule has 0 radical (unpaired) electrons. The van der Waals surface area contributed by atoms with Crippen molar-refractivity contribution in [1.29, 1.82) is 0 Å². The van der Waals surface area contributed by atoms with Crippen LogP contribution in [0.1, 0.15) is 22.5 Å². The zero-order valence-electron chi connectivity index (χ0n) is 14.5. The van der Waals surface area contributed by atoms with Crippen molar-refractivity contribution in [3.8, 4) is 5.75 Å². The number of aromatic nitrogens is 3. The number of aromatic amines is 1. The number of rotatable bonds is 7. The summed E-state index contributed by atoms with van der Waals surface area (Å²) in [6, 6.07) is 8.95. The maximum absolute atomic E-state index is 12.7. The van der Waals surface area contributed by atoms with E-state index in [9.17, 15) is 9.35 Å². The van der Waals surface area contributed by atoms with Crippen molar-refractivity contribution in [1.82, 2.24) is 15.0 Å². The van der Waals surface area contributed by atoms with Gasteiger partial charge < -0.3 is 14.0 Å². The average Bonchev–Trinajstić information content (AvgIpc) is 3.09. The number of imidazole rings is 1. The van der Waals surface area contributed by atoms with Gasteiger partial charge >= 0.3 is 39.8 Å². The van der Waals surface area contributed by atoms with Crippen LogP contribution < -0.4 is 4.74 Å². The Morgan fingerprint density at radius 3 is 2.78 bits per heavy atom. The molecule has 0 amide bonds. The number of H-pyrrole nitrogens is 1. The van der Waals surface area contributed by atoms with Crippen LogP contribution >= 0.6 is 0 Å². The summed E-state index contributed by atoms with van der Waals surface area (Å²) in [5.74, 6) is 0.543. The van der Waals surface area contributed by atoms with Crippen LogP contribution in [0, 0.1) is 6.92 Å². The van der Waals surface area contributed by atoms with Gasteiger partial charge in [-0.2, -0.15) is 4.98 Å². The second kappa shape index (κ2) is 10.2. The Morgan fingerprint density at radius 2 is 2.04 bits per heavy atom. The van der Waals surface area contributed by atoms with Gasteiger partial charge in [0.2, 0.25) is 0 Å². The summed E-state index contributed by atoms with van der Waals surface area (Å²) in [5.41, 5.74) is 2.06. The number of nitrogens with one attached hydrogen (secondary N) is 1. The van der Waals surface area contributed by atoms with E-state index in [1.807, 2.05) is 18.2 Å². The van der Waals surface area contributed by atoms with E-state index in [0.717, 1.165) is 11.9 Å². The van der Waals surface area contributed by atoms with Gasteiger partial charge in [-0.25, -0.2) is 9.78 Å². The fourth-order valence-electron chi connectivity index (χ4n) is 2.46. The molecule has 2 heterocycles. The van der Waals surface area contributed by atoms with Crippen LogP contribution in [-0.4, -0.2) is 74.5 Å². The Balaban J connectivity index is 0.00000261. The summed E-state index contributed by atoms with van der Waals surface area (Å²) in [7, 11) is 1.63. The number of para-hydroxylation sites is 2. The third-order valence-corrected chi connectivity index (χ3v) is 4.88. The van der Waals surface area contributed by atoms with Crippen molar-refractivity contribution in [3.63, 3.8) is 0 Å². The fourth-order valence-corrected chi connectivity index (χ4v) is 3.40. The van der Waals surface area contributed by atoms with Crippen molar-refractivity contribution in [2.75, 3.05) is 20.3 Å². The molecule has 9 heteroatoms. The molecule has 0 bridgehead atoms. The van der Waals surface area contributed by atoms with Crippen molar-refractivity contribution in [2.24, 2.45) is 0 Å². The molecule has 1 unspecified atom stereocenters. The number of methoxy groups -OCH3 is 1. The SMILES string of the molecule is COCCCOc1ccnc(C(=O)[S+]([O-])c2nc3ccccc3[nH]2)c1C.[NaH]. The predicted molar refractivity (Wildman–Crippen MR) is 105 cm³/mol. The van der Waals surface area contributed by atoms with Crippen LogP contribution in [0.15, 0.2) is 41.7 Å². The number of nitrogens with zero attached hydrogens (tertiary/aromatic N) is 2. The van der Waals surface area contributed by atoms with Crippen LogP contribution in [0.3, 0.4) is 0 Å². The van der Waals surface area contributed by atoms with Gasteiger partial charge in [0.1, 0.15) is 16.9 Å². The molecule has 0 aliphatic heterocycles. The van der Waals surface area contributed by atoms with Gasteiger partial charge in [-0.05, 0) is 25.1 Å². The maximum atomic E-state index is 12.7. The molecule has 0 saturated heterocycles. The van der Waals surface area contributed by atoms with Gasteiger partial charge in [0, 0.05) is 31.9 Å². The zero-order valence-corrected chi connectivity index (χ0v) is 15.3. The van der Waals surface area contributed by atoms with E-state index < -0.39 is 16.3 Å². The molecule has 3 rings (SSSR count). The molecule has 3 aromatic rings. The molecule has 27 heavy (non-hydrogen) atoms. The number of carbonyl (C=O) groups is 1. The first-order valence-corrected chi connectivity index (χ1v) is 9.25. The quantitative estimate of drug-likeness (QED) is 0.372. The number of pyridine rings is 1. The number of benzene rings is 1. The van der Waals surface area contributed by atoms with Crippen molar-refractivity contribution in [3.05, 3.63) is 47.8 Å². The van der Waals surface area contributed by atoms with Crippen LogP contribution in [0.5, 0.6) is 5.75 Å². The summed E-state index contributed by atoms with van der Waals surface area (Å²) in [6.07, 6.45) is 2.20. The van der Waals surface area contributed by atoms with Gasteiger partial charge in [0.05, 0.1) is 17.6 Å². The van der Waals surface area contributed by atoms with Gasteiger partial charge in [0.15, 0.2) is 5.69 Å². The average molecular weight is 397 g/mol. The molecule has 7 nitrogen and oxygen atoms in total. The second-order valence-electron chi connectivity index (χ2n) is 5.59. The van der Waals surface area contributed by atoms with E-state index in [2.05, 4.69) is 15.0 Å². The molecular weight excluding hydrogens is 377 g/mol. The molecule has 2 aromatic heterocycles. The van der Waals surface area contributed by atoms with Gasteiger partial charge in [-0.15, -0.1) is 0 Å². The molecule has 0 fully saturated rings. The number of hydrogen-bond acceptors (Lipinski definition) is 6. The number of hydrogen-bond donors (Lipinski definition) is 1. The molecule has 0 aliphatic rings. The third-order valence-electron chi connectivity index (χ3n) is 3.81. The Kier molecular flexibility index (Phi) is 8.28. The minimum atomic E-state index is -1.98. The molecule has 0 spiro atoms. The Labute approximate surface area is 182 Å².